The monoisotopic (exact) mass is 878 g/mol. The van der Waals surface area contributed by atoms with Gasteiger partial charge in [0, 0.05) is 5.92 Å². The van der Waals surface area contributed by atoms with E-state index in [1.54, 1.807) is 0 Å². The molecule has 0 heteroatoms. The molecule has 0 fully saturated rings. The zero-order chi connectivity index (χ0) is 47.1. The Morgan fingerprint density at radius 2 is 0.824 bits per heavy atom. The van der Waals surface area contributed by atoms with Crippen molar-refractivity contribution in [3.8, 4) is 66.8 Å². The predicted octanol–water partition coefficient (Wildman–Crippen LogP) is 19.2. The van der Waals surface area contributed by atoms with E-state index in [0.717, 1.165) is 6.42 Å². The topological polar surface area (TPSA) is 0 Å². The maximum absolute atomic E-state index is 2.69. The van der Waals surface area contributed by atoms with Crippen LogP contribution in [0.1, 0.15) is 140 Å². The van der Waals surface area contributed by atoms with Gasteiger partial charge in [0.15, 0.2) is 0 Å². The molecule has 68 heavy (non-hydrogen) atoms. The highest BCUT2D eigenvalue weighted by Crippen LogP contribution is 2.63. The van der Waals surface area contributed by atoms with Crippen molar-refractivity contribution >= 4 is 37.9 Å². The van der Waals surface area contributed by atoms with Crippen molar-refractivity contribution in [2.24, 2.45) is 0 Å². The lowest BCUT2D eigenvalue weighted by molar-refractivity contribution is 0.568. The lowest BCUT2D eigenvalue weighted by Gasteiger charge is -2.29. The van der Waals surface area contributed by atoms with Crippen LogP contribution in [-0.2, 0) is 21.7 Å². The summed E-state index contributed by atoms with van der Waals surface area (Å²) in [6, 6.07) is 53.3. The number of allylic oxidation sites excluding steroid dienone is 1. The summed E-state index contributed by atoms with van der Waals surface area (Å²) in [6.45, 7) is 28.5. The first-order valence-electron chi connectivity index (χ1n) is 25.2. The first kappa shape index (κ1) is 41.7. The summed E-state index contributed by atoms with van der Waals surface area (Å²) in [5.74, 6) is 0.291. The zero-order valence-corrected chi connectivity index (χ0v) is 42.1. The molecular weight excluding hydrogens is 817 g/mol. The van der Waals surface area contributed by atoms with Crippen LogP contribution in [0, 0.1) is 0 Å². The number of fused-ring (bicyclic) bond motifs is 11. The third-order valence-corrected chi connectivity index (χ3v) is 16.4. The Labute approximate surface area is 403 Å². The Hall–Kier alpha value is -6.50. The Bertz CT molecular complexity index is 3710. The van der Waals surface area contributed by atoms with E-state index in [9.17, 15) is 0 Å². The number of hydrogen-bond acceptors (Lipinski definition) is 0. The summed E-state index contributed by atoms with van der Waals surface area (Å²) in [6.07, 6.45) is 3.58. The third kappa shape index (κ3) is 5.85. The van der Waals surface area contributed by atoms with E-state index in [1.807, 2.05) is 0 Å². The maximum Gasteiger partial charge on any atom is 0.0143 e. The number of benzene rings is 9. The summed E-state index contributed by atoms with van der Waals surface area (Å²) >= 11 is 0. The molecule has 0 aromatic heterocycles. The predicted molar refractivity (Wildman–Crippen MR) is 293 cm³/mol. The van der Waals surface area contributed by atoms with Crippen molar-refractivity contribution in [1.29, 1.82) is 0 Å². The fraction of sp³-hybridized carbons (Fsp3) is 0.265. The van der Waals surface area contributed by atoms with Crippen LogP contribution in [0.3, 0.4) is 0 Å². The molecule has 1 unspecified atom stereocenters. The standard InChI is InChI=1S/C68H62/c1-65(2,3)42-27-40(28-43(33-42)66(4,5)6)59-56-35-54-48-25-23-46-52-31-38-17-13-14-18-39(38)32-53(52)47-24-26-49(62(48)61(46)47)55(54)36-57(56)60(41-29-44(67(7,8)9)34-45(30-41)68(10,11)12)64-51-22-16-20-37-19-15-21-50(58(37)51)63(59)64/h13-25,27-36,49H,26H2,1-12H3. The van der Waals surface area contributed by atoms with Crippen LogP contribution in [-0.4, -0.2) is 0 Å². The van der Waals surface area contributed by atoms with E-state index in [0.29, 0.717) is 5.92 Å². The van der Waals surface area contributed by atoms with Gasteiger partial charge in [0.05, 0.1) is 0 Å². The number of rotatable bonds is 2. The smallest absolute Gasteiger partial charge is 0.0143 e. The van der Waals surface area contributed by atoms with Gasteiger partial charge < -0.3 is 0 Å². The second kappa shape index (κ2) is 13.6. The van der Waals surface area contributed by atoms with Gasteiger partial charge in [-0.3, -0.25) is 0 Å². The van der Waals surface area contributed by atoms with Crippen LogP contribution >= 0.6 is 0 Å². The molecule has 0 nitrogen and oxygen atoms in total. The molecule has 0 aliphatic heterocycles. The summed E-state index contributed by atoms with van der Waals surface area (Å²) < 4.78 is 0. The third-order valence-electron chi connectivity index (χ3n) is 16.4. The minimum Gasteiger partial charge on any atom is -0.0751 e. The maximum atomic E-state index is 2.69. The summed E-state index contributed by atoms with van der Waals surface area (Å²) in [7, 11) is 0. The molecule has 4 aliphatic rings. The minimum absolute atomic E-state index is 0.0342. The van der Waals surface area contributed by atoms with Crippen LogP contribution in [0.2, 0.25) is 0 Å². The molecule has 13 rings (SSSR count). The Morgan fingerprint density at radius 3 is 1.34 bits per heavy atom. The Kier molecular flexibility index (Phi) is 8.33. The van der Waals surface area contributed by atoms with Crippen LogP contribution in [0.4, 0.5) is 0 Å². The fourth-order valence-corrected chi connectivity index (χ4v) is 12.6. The van der Waals surface area contributed by atoms with Gasteiger partial charge in [-0.25, -0.2) is 0 Å². The molecule has 9 aromatic rings. The molecule has 334 valence electrons. The van der Waals surface area contributed by atoms with E-state index >= 15 is 0 Å². The molecule has 0 spiro atoms. The van der Waals surface area contributed by atoms with E-state index in [-0.39, 0.29) is 21.7 Å². The van der Waals surface area contributed by atoms with Gasteiger partial charge in [-0.05, 0) is 202 Å². The van der Waals surface area contributed by atoms with Gasteiger partial charge in [-0.15, -0.1) is 0 Å². The molecular formula is C68H62. The van der Waals surface area contributed by atoms with Crippen LogP contribution < -0.4 is 0 Å². The lowest BCUT2D eigenvalue weighted by atomic mass is 9.75. The molecule has 0 N–H and O–H groups in total. The lowest BCUT2D eigenvalue weighted by Crippen LogP contribution is -2.17. The molecule has 0 bridgehead atoms. The quantitative estimate of drug-likeness (QED) is 0.162. The molecule has 9 aromatic carbocycles. The summed E-state index contributed by atoms with van der Waals surface area (Å²) in [4.78, 5) is 0. The molecule has 0 radical (unpaired) electrons. The first-order chi connectivity index (χ1) is 32.2. The average molecular weight is 879 g/mol. The zero-order valence-electron chi connectivity index (χ0n) is 42.1. The molecule has 0 saturated heterocycles. The molecule has 0 heterocycles. The van der Waals surface area contributed by atoms with Crippen molar-refractivity contribution in [1.82, 2.24) is 0 Å². The van der Waals surface area contributed by atoms with Crippen molar-refractivity contribution in [2.75, 3.05) is 0 Å². The molecule has 0 amide bonds. The van der Waals surface area contributed by atoms with Crippen LogP contribution in [0.15, 0.2) is 140 Å². The van der Waals surface area contributed by atoms with Gasteiger partial charge in [0.1, 0.15) is 0 Å². The van der Waals surface area contributed by atoms with Gasteiger partial charge in [0.25, 0.3) is 0 Å². The largest absolute Gasteiger partial charge is 0.0751 e. The second-order valence-corrected chi connectivity index (χ2v) is 24.9. The highest BCUT2D eigenvalue weighted by atomic mass is 14.4. The van der Waals surface area contributed by atoms with E-state index < -0.39 is 0 Å². The van der Waals surface area contributed by atoms with E-state index in [2.05, 4.69) is 223 Å². The molecule has 1 atom stereocenters. The van der Waals surface area contributed by atoms with Crippen molar-refractivity contribution in [3.05, 3.63) is 184 Å². The van der Waals surface area contributed by atoms with E-state index in [4.69, 9.17) is 0 Å². The normalized spacial score (nSPS) is 15.5. The van der Waals surface area contributed by atoms with Crippen molar-refractivity contribution in [2.45, 2.75) is 117 Å². The van der Waals surface area contributed by atoms with Gasteiger partial charge in [0.2, 0.25) is 0 Å². The highest BCUT2D eigenvalue weighted by molar-refractivity contribution is 6.28. The Morgan fingerprint density at radius 1 is 0.353 bits per heavy atom. The highest BCUT2D eigenvalue weighted by Gasteiger charge is 2.41. The number of hydrogen-bond donors (Lipinski definition) is 0. The van der Waals surface area contributed by atoms with Gasteiger partial charge in [-0.1, -0.05) is 198 Å². The fourth-order valence-electron chi connectivity index (χ4n) is 12.6. The Balaban J connectivity index is 1.20. The molecule has 4 aliphatic carbocycles. The minimum atomic E-state index is -0.0359. The summed E-state index contributed by atoms with van der Waals surface area (Å²) in [5, 5.41) is 8.01. The van der Waals surface area contributed by atoms with Crippen molar-refractivity contribution in [3.63, 3.8) is 0 Å². The van der Waals surface area contributed by atoms with E-state index in [1.165, 1.54) is 149 Å². The van der Waals surface area contributed by atoms with Gasteiger partial charge >= 0.3 is 0 Å². The summed E-state index contributed by atoms with van der Waals surface area (Å²) in [5.41, 5.74) is 29.1. The van der Waals surface area contributed by atoms with Crippen LogP contribution in [0.5, 0.6) is 0 Å². The second-order valence-electron chi connectivity index (χ2n) is 24.9. The SMILES string of the molecule is CC(C)(C)c1cc(-c2c3c(c(-c4cc(C(C)(C)C)cc(C(C)(C)C)c4)c4cc5c(cc24)-c2ccc4c6c2C5CC=C6c2cc5ccccc5cc2-4)-c2cccc4cccc-3c24)cc(C(C)(C)C)c1. The first-order valence-corrected chi connectivity index (χ1v) is 25.2. The molecule has 0 saturated carbocycles. The van der Waals surface area contributed by atoms with Crippen LogP contribution in [0.25, 0.3) is 105 Å². The van der Waals surface area contributed by atoms with Gasteiger partial charge in [-0.2, -0.15) is 0 Å². The van der Waals surface area contributed by atoms with Crippen molar-refractivity contribution < 1.29 is 0 Å². The average Bonchev–Trinajstić information content (AvgIpc) is 3.91.